The van der Waals surface area contributed by atoms with Crippen LogP contribution in [0.3, 0.4) is 0 Å². The van der Waals surface area contributed by atoms with E-state index in [0.717, 1.165) is 44.0 Å². The van der Waals surface area contributed by atoms with Gasteiger partial charge in [0, 0.05) is 19.3 Å². The summed E-state index contributed by atoms with van der Waals surface area (Å²) in [5, 5.41) is 7.75. The Morgan fingerprint density at radius 1 is 1.38 bits per heavy atom. The molecule has 5 heteroatoms. The number of rotatable bonds is 6. The smallest absolute Gasteiger partial charge is 0.118 e. The normalized spacial score (nSPS) is 17.9. The van der Waals surface area contributed by atoms with Crippen molar-refractivity contribution in [3.05, 3.63) is 42.2 Å². The van der Waals surface area contributed by atoms with Crippen LogP contribution in [0.25, 0.3) is 0 Å². The Bertz CT molecular complexity index is 559. The Balaban J connectivity index is 1.51. The molecule has 5 nitrogen and oxygen atoms in total. The predicted molar refractivity (Wildman–Crippen MR) is 81.5 cm³/mol. The quantitative estimate of drug-likeness (QED) is 0.887. The highest BCUT2D eigenvalue weighted by Gasteiger charge is 2.16. The molecule has 0 bridgehead atoms. The first-order chi connectivity index (χ1) is 10.3. The standard InChI is InChI=1S/C16H21N3O2/c1-20-15-6-4-13(5-7-15)9-17-14-10-18-19(11-14)12-16-3-2-8-21-16/h4-7,10-11,16-17H,2-3,8-9,12H2,1H3. The Hall–Kier alpha value is -2.01. The number of ether oxygens (including phenoxy) is 2. The topological polar surface area (TPSA) is 48.3 Å². The largest absolute Gasteiger partial charge is 0.497 e. The number of hydrogen-bond donors (Lipinski definition) is 1. The van der Waals surface area contributed by atoms with E-state index in [9.17, 15) is 0 Å². The van der Waals surface area contributed by atoms with Gasteiger partial charge in [-0.1, -0.05) is 12.1 Å². The lowest BCUT2D eigenvalue weighted by molar-refractivity contribution is 0.0940. The van der Waals surface area contributed by atoms with Crippen molar-refractivity contribution in [1.82, 2.24) is 9.78 Å². The second kappa shape index (κ2) is 6.63. The van der Waals surface area contributed by atoms with Crippen LogP contribution >= 0.6 is 0 Å². The van der Waals surface area contributed by atoms with Gasteiger partial charge in [-0.15, -0.1) is 0 Å². The van der Waals surface area contributed by atoms with Crippen molar-refractivity contribution in [2.45, 2.75) is 32.0 Å². The highest BCUT2D eigenvalue weighted by atomic mass is 16.5. The van der Waals surface area contributed by atoms with Gasteiger partial charge in [0.15, 0.2) is 0 Å². The van der Waals surface area contributed by atoms with Gasteiger partial charge in [-0.25, -0.2) is 0 Å². The summed E-state index contributed by atoms with van der Waals surface area (Å²) in [7, 11) is 1.68. The Morgan fingerprint density at radius 3 is 2.95 bits per heavy atom. The lowest BCUT2D eigenvalue weighted by Gasteiger charge is -2.08. The van der Waals surface area contributed by atoms with Crippen molar-refractivity contribution < 1.29 is 9.47 Å². The fraction of sp³-hybridized carbons (Fsp3) is 0.438. The van der Waals surface area contributed by atoms with Crippen LogP contribution in [0, 0.1) is 0 Å². The molecule has 1 aliphatic rings. The predicted octanol–water partition coefficient (Wildman–Crippen LogP) is 2.68. The van der Waals surface area contributed by atoms with Gasteiger partial charge in [-0.05, 0) is 30.5 Å². The van der Waals surface area contributed by atoms with E-state index in [4.69, 9.17) is 9.47 Å². The van der Waals surface area contributed by atoms with Crippen LogP contribution in [0.15, 0.2) is 36.7 Å². The zero-order valence-corrected chi connectivity index (χ0v) is 12.3. The maximum absolute atomic E-state index is 5.62. The molecule has 0 radical (unpaired) electrons. The molecule has 112 valence electrons. The van der Waals surface area contributed by atoms with E-state index in [1.807, 2.05) is 29.2 Å². The van der Waals surface area contributed by atoms with Gasteiger partial charge in [-0.3, -0.25) is 4.68 Å². The third-order valence-corrected chi connectivity index (χ3v) is 3.70. The molecule has 0 aliphatic carbocycles. The summed E-state index contributed by atoms with van der Waals surface area (Å²) in [6.07, 6.45) is 6.51. The molecule has 3 rings (SSSR count). The summed E-state index contributed by atoms with van der Waals surface area (Å²) < 4.78 is 12.7. The Kier molecular flexibility index (Phi) is 4.40. The van der Waals surface area contributed by atoms with Gasteiger partial charge < -0.3 is 14.8 Å². The Labute approximate surface area is 124 Å². The minimum absolute atomic E-state index is 0.319. The summed E-state index contributed by atoms with van der Waals surface area (Å²) >= 11 is 0. The second-order valence-corrected chi connectivity index (χ2v) is 5.29. The summed E-state index contributed by atoms with van der Waals surface area (Å²) in [4.78, 5) is 0. The summed E-state index contributed by atoms with van der Waals surface area (Å²) in [6.45, 7) is 2.49. The van der Waals surface area contributed by atoms with Crippen molar-refractivity contribution in [2.24, 2.45) is 0 Å². The maximum atomic E-state index is 5.62. The van der Waals surface area contributed by atoms with Crippen LogP contribution in [0.4, 0.5) is 5.69 Å². The summed E-state index contributed by atoms with van der Waals surface area (Å²) in [6, 6.07) is 8.06. The number of anilines is 1. The molecule has 2 aromatic rings. The van der Waals surface area contributed by atoms with E-state index >= 15 is 0 Å². The van der Waals surface area contributed by atoms with E-state index in [1.165, 1.54) is 5.56 Å². The van der Waals surface area contributed by atoms with Crippen LogP contribution in [0.2, 0.25) is 0 Å². The van der Waals surface area contributed by atoms with Gasteiger partial charge >= 0.3 is 0 Å². The van der Waals surface area contributed by atoms with Crippen LogP contribution in [-0.4, -0.2) is 29.6 Å². The van der Waals surface area contributed by atoms with Crippen molar-refractivity contribution in [1.29, 1.82) is 0 Å². The first kappa shape index (κ1) is 13.9. The van der Waals surface area contributed by atoms with Crippen molar-refractivity contribution in [3.63, 3.8) is 0 Å². The van der Waals surface area contributed by atoms with E-state index in [-0.39, 0.29) is 0 Å². The molecular weight excluding hydrogens is 266 g/mol. The molecule has 1 N–H and O–H groups in total. The SMILES string of the molecule is COc1ccc(CNc2cnn(CC3CCCO3)c2)cc1. The number of benzene rings is 1. The molecule has 1 fully saturated rings. The molecular formula is C16H21N3O2. The third-order valence-electron chi connectivity index (χ3n) is 3.70. The van der Waals surface area contributed by atoms with Crippen molar-refractivity contribution in [2.75, 3.05) is 19.0 Å². The molecule has 21 heavy (non-hydrogen) atoms. The molecule has 0 saturated carbocycles. The summed E-state index contributed by atoms with van der Waals surface area (Å²) in [5.74, 6) is 0.878. The van der Waals surface area contributed by atoms with Crippen molar-refractivity contribution >= 4 is 5.69 Å². The molecule has 0 spiro atoms. The van der Waals surface area contributed by atoms with Gasteiger partial charge in [0.05, 0.1) is 31.6 Å². The minimum Gasteiger partial charge on any atom is -0.497 e. The number of methoxy groups -OCH3 is 1. The number of hydrogen-bond acceptors (Lipinski definition) is 4. The molecule has 1 saturated heterocycles. The molecule has 1 aliphatic heterocycles. The lowest BCUT2D eigenvalue weighted by Crippen LogP contribution is -2.15. The highest BCUT2D eigenvalue weighted by molar-refractivity contribution is 5.39. The average Bonchev–Trinajstić information content (AvgIpc) is 3.18. The summed E-state index contributed by atoms with van der Waals surface area (Å²) in [5.41, 5.74) is 2.24. The van der Waals surface area contributed by atoms with Crippen molar-refractivity contribution in [3.8, 4) is 5.75 Å². The molecule has 1 aromatic carbocycles. The zero-order chi connectivity index (χ0) is 14.5. The first-order valence-corrected chi connectivity index (χ1v) is 7.34. The van der Waals surface area contributed by atoms with Crippen LogP contribution in [0.1, 0.15) is 18.4 Å². The molecule has 0 amide bonds. The number of nitrogens with one attached hydrogen (secondary N) is 1. The molecule has 2 heterocycles. The highest BCUT2D eigenvalue weighted by Crippen LogP contribution is 2.16. The average molecular weight is 287 g/mol. The fourth-order valence-electron chi connectivity index (χ4n) is 2.50. The van der Waals surface area contributed by atoms with Crippen LogP contribution in [0.5, 0.6) is 5.75 Å². The minimum atomic E-state index is 0.319. The lowest BCUT2D eigenvalue weighted by atomic mass is 10.2. The van der Waals surface area contributed by atoms with Gasteiger partial charge in [0.2, 0.25) is 0 Å². The van der Waals surface area contributed by atoms with Crippen LogP contribution in [-0.2, 0) is 17.8 Å². The maximum Gasteiger partial charge on any atom is 0.118 e. The Morgan fingerprint density at radius 2 is 2.24 bits per heavy atom. The van der Waals surface area contributed by atoms with Gasteiger partial charge in [0.1, 0.15) is 5.75 Å². The second-order valence-electron chi connectivity index (χ2n) is 5.29. The molecule has 1 unspecified atom stereocenters. The third kappa shape index (κ3) is 3.76. The van der Waals surface area contributed by atoms with Gasteiger partial charge in [-0.2, -0.15) is 5.10 Å². The van der Waals surface area contributed by atoms with E-state index < -0.39 is 0 Å². The number of nitrogens with zero attached hydrogens (tertiary/aromatic N) is 2. The van der Waals surface area contributed by atoms with Gasteiger partial charge in [0.25, 0.3) is 0 Å². The fourth-order valence-corrected chi connectivity index (χ4v) is 2.50. The molecule has 1 aromatic heterocycles. The van der Waals surface area contributed by atoms with Crippen LogP contribution < -0.4 is 10.1 Å². The number of aromatic nitrogens is 2. The first-order valence-electron chi connectivity index (χ1n) is 7.34. The monoisotopic (exact) mass is 287 g/mol. The zero-order valence-electron chi connectivity index (χ0n) is 12.3. The van der Waals surface area contributed by atoms with E-state index in [2.05, 4.69) is 22.5 Å². The van der Waals surface area contributed by atoms with E-state index in [1.54, 1.807) is 7.11 Å². The molecule has 1 atom stereocenters. The van der Waals surface area contributed by atoms with E-state index in [0.29, 0.717) is 6.10 Å².